The van der Waals surface area contributed by atoms with Crippen molar-refractivity contribution in [3.8, 4) is 5.75 Å². The Bertz CT molecular complexity index is 220. The minimum absolute atomic E-state index is 0. The molecule has 0 heterocycles. The molecule has 3 heteroatoms. The Morgan fingerprint density at radius 1 is 1.08 bits per heavy atom. The molecule has 1 aromatic carbocycles. The quantitative estimate of drug-likeness (QED) is 0.558. The van der Waals surface area contributed by atoms with Gasteiger partial charge in [0, 0.05) is 10.9 Å². The highest BCUT2D eigenvalue weighted by atomic mass is 35.5. The van der Waals surface area contributed by atoms with Crippen LogP contribution >= 0.6 is 0 Å². The highest BCUT2D eigenvalue weighted by Crippen LogP contribution is 2.14. The van der Waals surface area contributed by atoms with Gasteiger partial charge in [-0.15, -0.1) is 0 Å². The Morgan fingerprint density at radius 2 is 1.58 bits per heavy atom. The number of benzene rings is 1. The maximum Gasteiger partial charge on any atom is 0.154 e. The average Bonchev–Trinajstić information content (AvgIpc) is 2.05. The molecule has 1 nitrogen and oxygen atoms in total. The second kappa shape index (κ2) is 5.33. The zero-order chi connectivity index (χ0) is 8.27. The third kappa shape index (κ3) is 2.95. The molecular weight excluding hydrogens is 192 g/mol. The molecule has 68 valence electrons. The maximum absolute atomic E-state index is 5.05. The van der Waals surface area contributed by atoms with Crippen molar-refractivity contribution in [2.75, 3.05) is 19.6 Å². The lowest BCUT2D eigenvalue weighted by atomic mass is 10.3. The Hall–Kier alpha value is -0.340. The van der Waals surface area contributed by atoms with Crippen LogP contribution in [-0.2, 0) is 10.9 Å². The minimum atomic E-state index is 0. The van der Waals surface area contributed by atoms with Crippen LogP contribution in [0.2, 0.25) is 0 Å². The number of hydrogen-bond donors (Lipinski definition) is 0. The molecule has 0 spiro atoms. The smallest absolute Gasteiger partial charge is 0.154 e. The van der Waals surface area contributed by atoms with Crippen LogP contribution in [0.3, 0.4) is 0 Å². The first-order valence-corrected chi connectivity index (χ1v) is 5.50. The molecule has 0 saturated carbocycles. The SMILES string of the molecule is COc1ccc([S+](C)C)cc1.[Cl-]. The normalized spacial score (nSPS) is 9.33. The van der Waals surface area contributed by atoms with Crippen molar-refractivity contribution in [3.63, 3.8) is 0 Å². The summed E-state index contributed by atoms with van der Waals surface area (Å²) in [5, 5.41) is 0. The van der Waals surface area contributed by atoms with E-state index >= 15 is 0 Å². The zero-order valence-corrected chi connectivity index (χ0v) is 9.08. The lowest BCUT2D eigenvalue weighted by Gasteiger charge is -1.99. The van der Waals surface area contributed by atoms with Crippen LogP contribution < -0.4 is 17.1 Å². The Morgan fingerprint density at radius 3 is 1.92 bits per heavy atom. The first kappa shape index (κ1) is 11.7. The van der Waals surface area contributed by atoms with Gasteiger partial charge in [-0.1, -0.05) is 0 Å². The number of halogens is 1. The highest BCUT2D eigenvalue weighted by molar-refractivity contribution is 7.95. The van der Waals surface area contributed by atoms with E-state index in [0.717, 1.165) is 5.75 Å². The molecule has 0 N–H and O–H groups in total. The molecule has 0 saturated heterocycles. The third-order valence-electron chi connectivity index (χ3n) is 1.53. The molecule has 0 aliphatic carbocycles. The number of hydrogen-bond acceptors (Lipinski definition) is 1. The average molecular weight is 205 g/mol. The van der Waals surface area contributed by atoms with Crippen molar-refractivity contribution < 1.29 is 17.1 Å². The van der Waals surface area contributed by atoms with E-state index in [1.165, 1.54) is 4.90 Å². The number of rotatable bonds is 2. The molecule has 0 aliphatic rings. The number of methoxy groups -OCH3 is 1. The van der Waals surface area contributed by atoms with Gasteiger partial charge >= 0.3 is 0 Å². The predicted octanol–water partition coefficient (Wildman–Crippen LogP) is -1.06. The summed E-state index contributed by atoms with van der Waals surface area (Å²) >= 11 is 0. The van der Waals surface area contributed by atoms with E-state index in [1.54, 1.807) is 7.11 Å². The van der Waals surface area contributed by atoms with E-state index in [-0.39, 0.29) is 12.4 Å². The summed E-state index contributed by atoms with van der Waals surface area (Å²) in [7, 11) is 2.04. The van der Waals surface area contributed by atoms with Gasteiger partial charge in [0.05, 0.1) is 7.11 Å². The van der Waals surface area contributed by atoms with Crippen molar-refractivity contribution in [1.82, 2.24) is 0 Å². The van der Waals surface area contributed by atoms with Crippen molar-refractivity contribution in [3.05, 3.63) is 24.3 Å². The van der Waals surface area contributed by atoms with Gasteiger partial charge in [0.1, 0.15) is 18.3 Å². The van der Waals surface area contributed by atoms with Gasteiger partial charge in [0.2, 0.25) is 0 Å². The summed E-state index contributed by atoms with van der Waals surface area (Å²) in [4.78, 5) is 1.38. The highest BCUT2D eigenvalue weighted by Gasteiger charge is 2.06. The van der Waals surface area contributed by atoms with Gasteiger partial charge in [-0.3, -0.25) is 0 Å². The standard InChI is InChI=1S/C9H13OS.ClH/c1-10-8-4-6-9(7-5-8)11(2)3;/h4-7H,1-3H3;1H/q+1;/p-1. The molecule has 0 aromatic heterocycles. The third-order valence-corrected chi connectivity index (χ3v) is 2.75. The topological polar surface area (TPSA) is 9.23 Å². The monoisotopic (exact) mass is 204 g/mol. The first-order chi connectivity index (χ1) is 5.24. The molecule has 0 atom stereocenters. The van der Waals surface area contributed by atoms with Gasteiger partial charge < -0.3 is 17.1 Å². The van der Waals surface area contributed by atoms with Gasteiger partial charge in [0.25, 0.3) is 0 Å². The van der Waals surface area contributed by atoms with E-state index in [0.29, 0.717) is 10.9 Å². The molecule has 0 bridgehead atoms. The van der Waals surface area contributed by atoms with Crippen molar-refractivity contribution in [1.29, 1.82) is 0 Å². The van der Waals surface area contributed by atoms with Crippen LogP contribution in [0, 0.1) is 0 Å². The minimum Gasteiger partial charge on any atom is -1.00 e. The van der Waals surface area contributed by atoms with Crippen molar-refractivity contribution in [2.45, 2.75) is 4.90 Å². The maximum atomic E-state index is 5.05. The van der Waals surface area contributed by atoms with E-state index in [2.05, 4.69) is 24.6 Å². The molecule has 0 amide bonds. The van der Waals surface area contributed by atoms with Crippen molar-refractivity contribution >= 4 is 10.9 Å². The largest absolute Gasteiger partial charge is 1.00 e. The van der Waals surface area contributed by atoms with Crippen LogP contribution in [0.1, 0.15) is 0 Å². The van der Waals surface area contributed by atoms with Crippen LogP contribution in [0.15, 0.2) is 29.2 Å². The fraction of sp³-hybridized carbons (Fsp3) is 0.333. The van der Waals surface area contributed by atoms with E-state index in [1.807, 2.05) is 12.1 Å². The predicted molar refractivity (Wildman–Crippen MR) is 50.5 cm³/mol. The lowest BCUT2D eigenvalue weighted by molar-refractivity contribution is -0.00000272. The molecule has 0 radical (unpaired) electrons. The lowest BCUT2D eigenvalue weighted by Crippen LogP contribution is -3.00. The zero-order valence-electron chi connectivity index (χ0n) is 7.50. The Balaban J connectivity index is 0.00000121. The molecular formula is C9H13ClOS. The molecule has 0 fully saturated rings. The van der Waals surface area contributed by atoms with Crippen LogP contribution in [0.25, 0.3) is 0 Å². The van der Waals surface area contributed by atoms with E-state index < -0.39 is 0 Å². The summed E-state index contributed by atoms with van der Waals surface area (Å²) in [5.41, 5.74) is 0. The van der Waals surface area contributed by atoms with Gasteiger partial charge in [-0.05, 0) is 24.3 Å². The summed E-state index contributed by atoms with van der Waals surface area (Å²) < 4.78 is 5.05. The van der Waals surface area contributed by atoms with E-state index in [9.17, 15) is 0 Å². The summed E-state index contributed by atoms with van der Waals surface area (Å²) in [5.74, 6) is 0.930. The fourth-order valence-electron chi connectivity index (χ4n) is 0.848. The molecule has 0 aliphatic heterocycles. The first-order valence-electron chi connectivity index (χ1n) is 3.45. The second-order valence-corrected chi connectivity index (χ2v) is 4.60. The molecule has 0 unspecified atom stereocenters. The summed E-state index contributed by atoms with van der Waals surface area (Å²) in [6.45, 7) is 0. The second-order valence-electron chi connectivity index (χ2n) is 2.49. The summed E-state index contributed by atoms with van der Waals surface area (Å²) in [6, 6.07) is 8.23. The fourth-order valence-corrected chi connectivity index (χ4v) is 1.53. The molecule has 1 rings (SSSR count). The number of ether oxygens (including phenoxy) is 1. The van der Waals surface area contributed by atoms with E-state index in [4.69, 9.17) is 4.74 Å². The van der Waals surface area contributed by atoms with Crippen molar-refractivity contribution in [2.24, 2.45) is 0 Å². The van der Waals surface area contributed by atoms with Crippen LogP contribution in [0.4, 0.5) is 0 Å². The van der Waals surface area contributed by atoms with Gasteiger partial charge in [0.15, 0.2) is 4.90 Å². The Labute approximate surface area is 82.9 Å². The van der Waals surface area contributed by atoms with Gasteiger partial charge in [-0.25, -0.2) is 0 Å². The van der Waals surface area contributed by atoms with Crippen LogP contribution in [0.5, 0.6) is 5.75 Å². The molecule has 12 heavy (non-hydrogen) atoms. The van der Waals surface area contributed by atoms with Crippen LogP contribution in [-0.4, -0.2) is 19.6 Å². The molecule has 1 aromatic rings. The van der Waals surface area contributed by atoms with Gasteiger partial charge in [-0.2, -0.15) is 0 Å². The summed E-state index contributed by atoms with van der Waals surface area (Å²) in [6.07, 6.45) is 4.42. The Kier molecular flexibility index (Phi) is 5.18.